The number of imidazole rings is 1. The van der Waals surface area contributed by atoms with E-state index in [1.54, 1.807) is 23.6 Å². The third-order valence-corrected chi connectivity index (χ3v) is 3.19. The molecule has 2 aromatic rings. The zero-order valence-corrected chi connectivity index (χ0v) is 11.1. The molecule has 2 heterocycles. The molecule has 0 saturated heterocycles. The zero-order chi connectivity index (χ0) is 14.1. The highest BCUT2D eigenvalue weighted by molar-refractivity contribution is 6.01. The number of carbonyl (C=O) groups excluding carboxylic acids is 2. The molecule has 0 bridgehead atoms. The lowest BCUT2D eigenvalue weighted by Gasteiger charge is -2.06. The number of rotatable bonds is 4. The lowest BCUT2D eigenvalue weighted by Crippen LogP contribution is -2.18. The van der Waals surface area contributed by atoms with Gasteiger partial charge in [0.05, 0.1) is 6.61 Å². The minimum Gasteiger partial charge on any atom is -0.461 e. The van der Waals surface area contributed by atoms with Crippen LogP contribution in [-0.4, -0.2) is 27.9 Å². The molecule has 6 nitrogen and oxygen atoms in total. The van der Waals surface area contributed by atoms with Gasteiger partial charge in [0.2, 0.25) is 5.91 Å². The summed E-state index contributed by atoms with van der Waals surface area (Å²) in [4.78, 5) is 28.1. The summed E-state index contributed by atoms with van der Waals surface area (Å²) in [6, 6.07) is 5.41. The van der Waals surface area contributed by atoms with Crippen molar-refractivity contribution in [1.82, 2.24) is 9.38 Å². The van der Waals surface area contributed by atoms with E-state index in [9.17, 15) is 9.59 Å². The molecular formula is C14H15N3O3. The number of nitrogens with one attached hydrogen (secondary N) is 1. The van der Waals surface area contributed by atoms with E-state index >= 15 is 0 Å². The molecule has 0 radical (unpaired) electrons. The van der Waals surface area contributed by atoms with Gasteiger partial charge in [-0.15, -0.1) is 0 Å². The fourth-order valence-corrected chi connectivity index (χ4v) is 2.02. The molecule has 104 valence electrons. The molecule has 1 N–H and O–H groups in total. The highest BCUT2D eigenvalue weighted by Crippen LogP contribution is 2.31. The van der Waals surface area contributed by atoms with Crippen molar-refractivity contribution in [3.8, 4) is 0 Å². The molecule has 1 amide bonds. The highest BCUT2D eigenvalue weighted by atomic mass is 16.5. The summed E-state index contributed by atoms with van der Waals surface area (Å²) in [5.74, 6) is -0.154. The van der Waals surface area contributed by atoms with Crippen LogP contribution in [0, 0.1) is 5.92 Å². The van der Waals surface area contributed by atoms with E-state index in [2.05, 4.69) is 10.3 Å². The summed E-state index contributed by atoms with van der Waals surface area (Å²) >= 11 is 0. The number of hydrogen-bond acceptors (Lipinski definition) is 4. The van der Waals surface area contributed by atoms with Crippen molar-refractivity contribution in [1.29, 1.82) is 0 Å². The van der Waals surface area contributed by atoms with E-state index in [-0.39, 0.29) is 24.1 Å². The van der Waals surface area contributed by atoms with Crippen LogP contribution in [0.2, 0.25) is 0 Å². The molecule has 0 unspecified atom stereocenters. The van der Waals surface area contributed by atoms with Crippen LogP contribution in [0.4, 0.5) is 5.82 Å². The van der Waals surface area contributed by atoms with Gasteiger partial charge in [-0.05, 0) is 31.9 Å². The third kappa shape index (κ3) is 2.24. The summed E-state index contributed by atoms with van der Waals surface area (Å²) in [6.07, 6.45) is 3.56. The Kier molecular flexibility index (Phi) is 3.14. The maximum absolute atomic E-state index is 12.0. The van der Waals surface area contributed by atoms with E-state index in [0.717, 1.165) is 12.8 Å². The summed E-state index contributed by atoms with van der Waals surface area (Å²) in [5, 5.41) is 2.80. The molecule has 20 heavy (non-hydrogen) atoms. The molecule has 0 aromatic carbocycles. The van der Waals surface area contributed by atoms with Crippen molar-refractivity contribution in [2.75, 3.05) is 11.9 Å². The maximum Gasteiger partial charge on any atom is 0.360 e. The van der Waals surface area contributed by atoms with Gasteiger partial charge < -0.3 is 10.1 Å². The first-order valence-electron chi connectivity index (χ1n) is 6.65. The van der Waals surface area contributed by atoms with E-state index in [1.807, 2.05) is 12.1 Å². The third-order valence-electron chi connectivity index (χ3n) is 3.19. The van der Waals surface area contributed by atoms with Crippen LogP contribution < -0.4 is 5.32 Å². The molecule has 0 spiro atoms. The molecule has 1 aliphatic rings. The van der Waals surface area contributed by atoms with E-state index in [0.29, 0.717) is 11.5 Å². The average Bonchev–Trinajstić information content (AvgIpc) is 3.23. The zero-order valence-electron chi connectivity index (χ0n) is 11.1. The predicted octanol–water partition coefficient (Wildman–Crippen LogP) is 1.86. The van der Waals surface area contributed by atoms with Crippen LogP contribution in [0.5, 0.6) is 0 Å². The van der Waals surface area contributed by atoms with Crippen molar-refractivity contribution in [3.63, 3.8) is 0 Å². The minimum atomic E-state index is -0.526. The first-order chi connectivity index (χ1) is 9.70. The van der Waals surface area contributed by atoms with Gasteiger partial charge >= 0.3 is 5.97 Å². The lowest BCUT2D eigenvalue weighted by atomic mass is 10.3. The van der Waals surface area contributed by atoms with Crippen LogP contribution in [0.25, 0.3) is 5.65 Å². The molecule has 1 aliphatic carbocycles. The Balaban J connectivity index is 2.02. The predicted molar refractivity (Wildman–Crippen MR) is 72.5 cm³/mol. The largest absolute Gasteiger partial charge is 0.461 e. The second-order valence-corrected chi connectivity index (χ2v) is 4.72. The Bertz CT molecular complexity index is 673. The molecule has 1 fully saturated rings. The fourth-order valence-electron chi connectivity index (χ4n) is 2.02. The quantitative estimate of drug-likeness (QED) is 0.863. The fraction of sp³-hybridized carbons (Fsp3) is 0.357. The number of pyridine rings is 1. The topological polar surface area (TPSA) is 72.7 Å². The Morgan fingerprint density at radius 2 is 2.25 bits per heavy atom. The standard InChI is InChI=1S/C14H15N3O3/c1-2-20-14(19)11-12(16-13(18)9-6-7-9)17-8-4-3-5-10(17)15-11/h3-5,8-9H,2,6-7H2,1H3,(H,16,18). The SMILES string of the molecule is CCOC(=O)c1nc2ccccn2c1NC(=O)C1CC1. The molecule has 1 saturated carbocycles. The van der Waals surface area contributed by atoms with Gasteiger partial charge in [-0.1, -0.05) is 6.07 Å². The summed E-state index contributed by atoms with van der Waals surface area (Å²) in [7, 11) is 0. The van der Waals surface area contributed by atoms with Gasteiger partial charge in [-0.3, -0.25) is 9.20 Å². The van der Waals surface area contributed by atoms with Crippen LogP contribution in [0.1, 0.15) is 30.3 Å². The number of ether oxygens (including phenoxy) is 1. The molecular weight excluding hydrogens is 258 g/mol. The van der Waals surface area contributed by atoms with Crippen LogP contribution in [0.3, 0.4) is 0 Å². The van der Waals surface area contributed by atoms with Crippen molar-refractivity contribution < 1.29 is 14.3 Å². The summed E-state index contributed by atoms with van der Waals surface area (Å²) in [6.45, 7) is 2.00. The molecule has 6 heteroatoms. The van der Waals surface area contributed by atoms with Crippen LogP contribution >= 0.6 is 0 Å². The normalized spacial score (nSPS) is 14.2. The smallest absolute Gasteiger partial charge is 0.360 e. The number of amides is 1. The number of aromatic nitrogens is 2. The lowest BCUT2D eigenvalue weighted by molar-refractivity contribution is -0.117. The van der Waals surface area contributed by atoms with Gasteiger partial charge in [0.1, 0.15) is 5.65 Å². The van der Waals surface area contributed by atoms with Crippen molar-refractivity contribution in [2.45, 2.75) is 19.8 Å². The molecule has 3 rings (SSSR count). The second kappa shape index (κ2) is 4.96. The Labute approximate surface area is 115 Å². The second-order valence-electron chi connectivity index (χ2n) is 4.72. The molecule has 0 atom stereocenters. The number of fused-ring (bicyclic) bond motifs is 1. The number of carbonyl (C=O) groups is 2. The number of nitrogens with zero attached hydrogens (tertiary/aromatic N) is 2. The molecule has 0 aliphatic heterocycles. The average molecular weight is 273 g/mol. The van der Waals surface area contributed by atoms with Gasteiger partial charge in [0.25, 0.3) is 0 Å². The van der Waals surface area contributed by atoms with Crippen LogP contribution in [0.15, 0.2) is 24.4 Å². The van der Waals surface area contributed by atoms with Crippen molar-refractivity contribution >= 4 is 23.3 Å². The van der Waals surface area contributed by atoms with Gasteiger partial charge in [0, 0.05) is 12.1 Å². The maximum atomic E-state index is 12.0. The highest BCUT2D eigenvalue weighted by Gasteiger charge is 2.31. The van der Waals surface area contributed by atoms with Gasteiger partial charge in [-0.2, -0.15) is 0 Å². The first kappa shape index (κ1) is 12.7. The Morgan fingerprint density at radius 3 is 2.95 bits per heavy atom. The number of anilines is 1. The Hall–Kier alpha value is -2.37. The number of esters is 1. The van der Waals surface area contributed by atoms with E-state index in [1.165, 1.54) is 0 Å². The molecule has 2 aromatic heterocycles. The summed E-state index contributed by atoms with van der Waals surface area (Å²) < 4.78 is 6.68. The minimum absolute atomic E-state index is 0.0549. The van der Waals surface area contributed by atoms with E-state index < -0.39 is 5.97 Å². The number of hydrogen-bond donors (Lipinski definition) is 1. The monoisotopic (exact) mass is 273 g/mol. The van der Waals surface area contributed by atoms with Gasteiger partial charge in [0.15, 0.2) is 11.5 Å². The van der Waals surface area contributed by atoms with Crippen molar-refractivity contribution in [3.05, 3.63) is 30.1 Å². The van der Waals surface area contributed by atoms with Gasteiger partial charge in [-0.25, -0.2) is 9.78 Å². The van der Waals surface area contributed by atoms with Crippen molar-refractivity contribution in [2.24, 2.45) is 5.92 Å². The van der Waals surface area contributed by atoms with E-state index in [4.69, 9.17) is 4.74 Å². The van der Waals surface area contributed by atoms with Crippen LogP contribution in [-0.2, 0) is 9.53 Å². The first-order valence-corrected chi connectivity index (χ1v) is 6.65. The Morgan fingerprint density at radius 1 is 1.45 bits per heavy atom. The summed E-state index contributed by atoms with van der Waals surface area (Å²) in [5.41, 5.74) is 0.744.